The van der Waals surface area contributed by atoms with E-state index in [1.165, 1.54) is 0 Å². The lowest BCUT2D eigenvalue weighted by Gasteiger charge is -2.36. The van der Waals surface area contributed by atoms with Crippen LogP contribution in [0.5, 0.6) is 0 Å². The van der Waals surface area contributed by atoms with E-state index in [-0.39, 0.29) is 5.91 Å². The van der Waals surface area contributed by atoms with Crippen LogP contribution in [0.25, 0.3) is 0 Å². The number of benzene rings is 1. The van der Waals surface area contributed by atoms with Gasteiger partial charge in [-0.05, 0) is 38.3 Å². The monoisotopic (exact) mass is 356 g/mol. The summed E-state index contributed by atoms with van der Waals surface area (Å²) >= 11 is 0. The van der Waals surface area contributed by atoms with Crippen LogP contribution in [-0.4, -0.2) is 53.4 Å². The SMILES string of the molecule is COC[C@H](C)N1CCC(n2nccc2NC(=O)c2ccccc2C)CC1. The molecule has 0 bridgehead atoms. The van der Waals surface area contributed by atoms with Crippen LogP contribution in [0.3, 0.4) is 0 Å². The molecule has 1 aliphatic heterocycles. The molecule has 1 aromatic heterocycles. The zero-order chi connectivity index (χ0) is 18.5. The molecular weight excluding hydrogens is 328 g/mol. The third-order valence-electron chi connectivity index (χ3n) is 5.18. The van der Waals surface area contributed by atoms with Crippen molar-refractivity contribution in [3.05, 3.63) is 47.7 Å². The predicted octanol–water partition coefficient (Wildman–Crippen LogP) is 3.12. The lowest BCUT2D eigenvalue weighted by molar-refractivity contribution is 0.0736. The molecular formula is C20H28N4O2. The van der Waals surface area contributed by atoms with Crippen LogP contribution in [0, 0.1) is 6.92 Å². The minimum absolute atomic E-state index is 0.0870. The zero-order valence-electron chi connectivity index (χ0n) is 15.8. The van der Waals surface area contributed by atoms with Gasteiger partial charge >= 0.3 is 0 Å². The van der Waals surface area contributed by atoms with Crippen LogP contribution >= 0.6 is 0 Å². The van der Waals surface area contributed by atoms with Gasteiger partial charge in [-0.3, -0.25) is 9.69 Å². The van der Waals surface area contributed by atoms with E-state index in [2.05, 4.69) is 22.2 Å². The Kier molecular flexibility index (Phi) is 6.06. The van der Waals surface area contributed by atoms with Gasteiger partial charge in [0, 0.05) is 37.9 Å². The maximum absolute atomic E-state index is 12.6. The predicted molar refractivity (Wildman–Crippen MR) is 103 cm³/mol. The summed E-state index contributed by atoms with van der Waals surface area (Å²) < 4.78 is 7.23. The van der Waals surface area contributed by atoms with Gasteiger partial charge in [0.05, 0.1) is 18.8 Å². The van der Waals surface area contributed by atoms with Crippen molar-refractivity contribution in [1.29, 1.82) is 0 Å². The number of ether oxygens (including phenoxy) is 1. The van der Waals surface area contributed by atoms with E-state index in [9.17, 15) is 4.79 Å². The summed E-state index contributed by atoms with van der Waals surface area (Å²) in [6.45, 7) is 6.93. The number of nitrogens with one attached hydrogen (secondary N) is 1. The van der Waals surface area contributed by atoms with Crippen molar-refractivity contribution in [2.24, 2.45) is 0 Å². The van der Waals surface area contributed by atoms with Crippen molar-refractivity contribution in [3.63, 3.8) is 0 Å². The lowest BCUT2D eigenvalue weighted by Crippen LogP contribution is -2.42. The molecule has 1 atom stereocenters. The number of piperidine rings is 1. The molecule has 26 heavy (non-hydrogen) atoms. The number of likely N-dealkylation sites (tertiary alicyclic amines) is 1. The van der Waals surface area contributed by atoms with Crippen molar-refractivity contribution in [2.75, 3.05) is 32.1 Å². The van der Waals surface area contributed by atoms with Gasteiger partial charge in [-0.2, -0.15) is 5.10 Å². The normalized spacial score (nSPS) is 17.2. The lowest BCUT2D eigenvalue weighted by atomic mass is 10.0. The molecule has 1 fully saturated rings. The first-order chi connectivity index (χ1) is 12.6. The van der Waals surface area contributed by atoms with E-state index in [1.807, 2.05) is 41.9 Å². The molecule has 1 aromatic carbocycles. The van der Waals surface area contributed by atoms with Crippen molar-refractivity contribution >= 4 is 11.7 Å². The van der Waals surface area contributed by atoms with Crippen molar-refractivity contribution < 1.29 is 9.53 Å². The number of rotatable bonds is 6. The maximum Gasteiger partial charge on any atom is 0.257 e. The summed E-state index contributed by atoms with van der Waals surface area (Å²) in [6, 6.07) is 10.2. The number of methoxy groups -OCH3 is 1. The number of carbonyl (C=O) groups is 1. The van der Waals surface area contributed by atoms with Crippen molar-refractivity contribution in [3.8, 4) is 0 Å². The summed E-state index contributed by atoms with van der Waals surface area (Å²) in [7, 11) is 1.75. The highest BCUT2D eigenvalue weighted by atomic mass is 16.5. The first-order valence-corrected chi connectivity index (χ1v) is 9.23. The zero-order valence-corrected chi connectivity index (χ0v) is 15.8. The Bertz CT molecular complexity index is 735. The van der Waals surface area contributed by atoms with Gasteiger partial charge in [-0.15, -0.1) is 0 Å². The van der Waals surface area contributed by atoms with Crippen molar-refractivity contribution in [2.45, 2.75) is 38.8 Å². The average molecular weight is 356 g/mol. The highest BCUT2D eigenvalue weighted by Gasteiger charge is 2.25. The summed E-state index contributed by atoms with van der Waals surface area (Å²) in [4.78, 5) is 15.1. The molecule has 1 saturated heterocycles. The van der Waals surface area contributed by atoms with Crippen LogP contribution in [0.4, 0.5) is 5.82 Å². The van der Waals surface area contributed by atoms with Crippen LogP contribution < -0.4 is 5.32 Å². The maximum atomic E-state index is 12.6. The molecule has 0 radical (unpaired) electrons. The molecule has 0 spiro atoms. The molecule has 0 saturated carbocycles. The fourth-order valence-corrected chi connectivity index (χ4v) is 3.63. The number of carbonyl (C=O) groups excluding carboxylic acids is 1. The number of nitrogens with zero attached hydrogens (tertiary/aromatic N) is 3. The van der Waals surface area contributed by atoms with Gasteiger partial charge in [0.1, 0.15) is 5.82 Å². The van der Waals surface area contributed by atoms with E-state index in [1.54, 1.807) is 13.3 Å². The molecule has 2 aromatic rings. The fourth-order valence-electron chi connectivity index (χ4n) is 3.63. The van der Waals surface area contributed by atoms with Gasteiger partial charge in [-0.1, -0.05) is 18.2 Å². The largest absolute Gasteiger partial charge is 0.383 e. The van der Waals surface area contributed by atoms with E-state index in [0.29, 0.717) is 17.6 Å². The Morgan fingerprint density at radius 1 is 1.31 bits per heavy atom. The van der Waals surface area contributed by atoms with Gasteiger partial charge in [0.2, 0.25) is 0 Å². The molecule has 6 nitrogen and oxygen atoms in total. The number of hydrogen-bond donors (Lipinski definition) is 1. The first-order valence-electron chi connectivity index (χ1n) is 9.23. The Morgan fingerprint density at radius 3 is 2.73 bits per heavy atom. The number of hydrogen-bond acceptors (Lipinski definition) is 4. The molecule has 0 aliphatic carbocycles. The second-order valence-corrected chi connectivity index (χ2v) is 7.00. The van der Waals surface area contributed by atoms with Gasteiger partial charge in [0.25, 0.3) is 5.91 Å². The fraction of sp³-hybridized carbons (Fsp3) is 0.500. The topological polar surface area (TPSA) is 59.4 Å². The van der Waals surface area contributed by atoms with E-state index in [4.69, 9.17) is 4.74 Å². The Labute approximate surface area is 155 Å². The number of amides is 1. The third-order valence-corrected chi connectivity index (χ3v) is 5.18. The van der Waals surface area contributed by atoms with Crippen LogP contribution in [-0.2, 0) is 4.74 Å². The standard InChI is InChI=1S/C20H28N4O2/c1-15-6-4-5-7-18(15)20(25)22-19-8-11-21-24(19)17-9-12-23(13-10-17)16(2)14-26-3/h4-8,11,16-17H,9-10,12-14H2,1-3H3,(H,22,25)/t16-/m0/s1. The molecule has 3 rings (SSSR count). The summed E-state index contributed by atoms with van der Waals surface area (Å²) in [6.07, 6.45) is 3.79. The first kappa shape index (κ1) is 18.6. The molecule has 6 heteroatoms. The molecule has 2 heterocycles. The van der Waals surface area contributed by atoms with Crippen molar-refractivity contribution in [1.82, 2.24) is 14.7 Å². The Hall–Kier alpha value is -2.18. The molecule has 140 valence electrons. The quantitative estimate of drug-likeness (QED) is 0.864. The third kappa shape index (κ3) is 4.14. The number of aryl methyl sites for hydroxylation is 1. The van der Waals surface area contributed by atoms with E-state index < -0.39 is 0 Å². The Balaban J connectivity index is 1.64. The Morgan fingerprint density at radius 2 is 2.04 bits per heavy atom. The molecule has 0 unspecified atom stereocenters. The highest BCUT2D eigenvalue weighted by molar-refractivity contribution is 6.04. The number of anilines is 1. The second kappa shape index (κ2) is 8.47. The molecule has 1 aliphatic rings. The average Bonchev–Trinajstić information content (AvgIpc) is 3.10. The summed E-state index contributed by atoms with van der Waals surface area (Å²) in [5, 5.41) is 7.50. The highest BCUT2D eigenvalue weighted by Crippen LogP contribution is 2.26. The molecule has 1 amide bonds. The van der Waals surface area contributed by atoms with E-state index >= 15 is 0 Å². The van der Waals surface area contributed by atoms with Gasteiger partial charge < -0.3 is 10.1 Å². The second-order valence-electron chi connectivity index (χ2n) is 7.00. The minimum atomic E-state index is -0.0870. The smallest absolute Gasteiger partial charge is 0.257 e. The van der Waals surface area contributed by atoms with Gasteiger partial charge in [0.15, 0.2) is 0 Å². The summed E-state index contributed by atoms with van der Waals surface area (Å²) in [5.41, 5.74) is 1.67. The molecule has 1 N–H and O–H groups in total. The van der Waals surface area contributed by atoms with Gasteiger partial charge in [-0.25, -0.2) is 4.68 Å². The number of aromatic nitrogens is 2. The summed E-state index contributed by atoms with van der Waals surface area (Å²) in [5.74, 6) is 0.678. The van der Waals surface area contributed by atoms with E-state index in [0.717, 1.165) is 43.9 Å². The van der Waals surface area contributed by atoms with Crippen LogP contribution in [0.1, 0.15) is 41.7 Å². The minimum Gasteiger partial charge on any atom is -0.383 e. The van der Waals surface area contributed by atoms with Crippen LogP contribution in [0.15, 0.2) is 36.5 Å². The van der Waals surface area contributed by atoms with Crippen LogP contribution in [0.2, 0.25) is 0 Å².